The Morgan fingerprint density at radius 3 is 2.80 bits per heavy atom. The maximum absolute atomic E-state index is 10.00. The molecule has 0 heterocycles. The highest BCUT2D eigenvalue weighted by Crippen LogP contribution is 2.02. The highest BCUT2D eigenvalue weighted by atomic mass is 16.4. The predicted octanol–water partition coefficient (Wildman–Crippen LogP) is 1.84. The molecule has 0 aromatic carbocycles. The lowest BCUT2D eigenvalue weighted by Gasteiger charge is -1.97. The fourth-order valence-electron chi connectivity index (χ4n) is 0.588. The molecule has 2 nitrogen and oxygen atoms in total. The van der Waals surface area contributed by atoms with Crippen LogP contribution < -0.4 is 0 Å². The van der Waals surface area contributed by atoms with Gasteiger partial charge in [-0.25, -0.2) is 4.79 Å². The van der Waals surface area contributed by atoms with Crippen molar-refractivity contribution in [3.63, 3.8) is 0 Å². The number of carbonyl (C=O) groups is 1. The lowest BCUT2D eigenvalue weighted by molar-refractivity contribution is -0.131. The minimum absolute atomic E-state index is 0.272. The fraction of sp³-hybridized carbons (Fsp3) is 0.375. The Morgan fingerprint density at radius 2 is 2.40 bits per heavy atom. The van der Waals surface area contributed by atoms with Crippen LogP contribution in [0.15, 0.2) is 24.8 Å². The van der Waals surface area contributed by atoms with Crippen LogP contribution in [0.5, 0.6) is 0 Å². The maximum Gasteiger partial charge on any atom is 0.327 e. The van der Waals surface area contributed by atoms with E-state index < -0.39 is 5.97 Å². The molecule has 0 aliphatic rings. The molecule has 0 radical (unpaired) electrons. The first-order valence-corrected chi connectivity index (χ1v) is 3.19. The van der Waals surface area contributed by atoms with Gasteiger partial charge in [-0.15, -0.1) is 6.58 Å². The molecule has 1 N–H and O–H groups in total. The summed E-state index contributed by atoms with van der Waals surface area (Å²) < 4.78 is 0. The van der Waals surface area contributed by atoms with Crippen LogP contribution in [-0.2, 0) is 4.79 Å². The Labute approximate surface area is 60.9 Å². The van der Waals surface area contributed by atoms with Gasteiger partial charge in [-0.3, -0.25) is 0 Å². The third-order valence-electron chi connectivity index (χ3n) is 1.11. The Kier molecular flexibility index (Phi) is 4.29. The molecule has 0 spiro atoms. The van der Waals surface area contributed by atoms with Gasteiger partial charge in [0.25, 0.3) is 0 Å². The van der Waals surface area contributed by atoms with Crippen LogP contribution >= 0.6 is 0 Å². The normalized spacial score (nSPS) is 13.3. The number of carboxylic acids is 1. The Balaban J connectivity index is 3.65. The maximum atomic E-state index is 10.00. The first kappa shape index (κ1) is 8.95. The molecule has 0 fully saturated rings. The van der Waals surface area contributed by atoms with E-state index in [4.69, 9.17) is 5.11 Å². The molecule has 56 valence electrons. The molecular formula is C8H12O2. The highest BCUT2D eigenvalue weighted by Gasteiger charge is 1.93. The molecule has 0 rings (SSSR count). The number of hydrogen-bond acceptors (Lipinski definition) is 1. The van der Waals surface area contributed by atoms with E-state index >= 15 is 0 Å². The number of rotatable bonds is 4. The Morgan fingerprint density at radius 1 is 1.80 bits per heavy atom. The highest BCUT2D eigenvalue weighted by molar-refractivity contribution is 5.79. The second-order valence-electron chi connectivity index (χ2n) is 2.20. The molecule has 10 heavy (non-hydrogen) atoms. The molecule has 0 aliphatic carbocycles. The third-order valence-corrected chi connectivity index (χ3v) is 1.11. The van der Waals surface area contributed by atoms with Crippen LogP contribution in [0.3, 0.4) is 0 Å². The van der Waals surface area contributed by atoms with E-state index in [2.05, 4.69) is 6.58 Å². The summed E-state index contributed by atoms with van der Waals surface area (Å²) in [5.41, 5.74) is 0. The summed E-state index contributed by atoms with van der Waals surface area (Å²) in [6, 6.07) is 0. The van der Waals surface area contributed by atoms with Gasteiger partial charge in [-0.1, -0.05) is 19.1 Å². The first-order chi connectivity index (χ1) is 4.66. The van der Waals surface area contributed by atoms with Crippen LogP contribution in [0.25, 0.3) is 0 Å². The largest absolute Gasteiger partial charge is 0.478 e. The SMILES string of the molecule is C=CC[C@H](C)/C=C/C(=O)O. The van der Waals surface area contributed by atoms with E-state index in [0.717, 1.165) is 12.5 Å². The summed E-state index contributed by atoms with van der Waals surface area (Å²) in [6.07, 6.45) is 5.42. The minimum atomic E-state index is -0.893. The van der Waals surface area contributed by atoms with Crippen molar-refractivity contribution in [3.8, 4) is 0 Å². The molecule has 0 aliphatic heterocycles. The molecule has 0 aromatic rings. The van der Waals surface area contributed by atoms with E-state index in [9.17, 15) is 4.79 Å². The summed E-state index contributed by atoms with van der Waals surface area (Å²) in [6.45, 7) is 5.49. The van der Waals surface area contributed by atoms with Gasteiger partial charge < -0.3 is 5.11 Å². The molecule has 0 bridgehead atoms. The smallest absolute Gasteiger partial charge is 0.327 e. The summed E-state index contributed by atoms with van der Waals surface area (Å²) in [4.78, 5) is 10.00. The van der Waals surface area contributed by atoms with Crippen molar-refractivity contribution in [2.45, 2.75) is 13.3 Å². The van der Waals surface area contributed by atoms with Crippen molar-refractivity contribution in [2.75, 3.05) is 0 Å². The summed E-state index contributed by atoms with van der Waals surface area (Å²) in [5, 5.41) is 8.22. The van der Waals surface area contributed by atoms with Crippen molar-refractivity contribution in [3.05, 3.63) is 24.8 Å². The van der Waals surface area contributed by atoms with Gasteiger partial charge >= 0.3 is 5.97 Å². The van der Waals surface area contributed by atoms with Crippen molar-refractivity contribution >= 4 is 5.97 Å². The van der Waals surface area contributed by atoms with Gasteiger partial charge in [0.1, 0.15) is 0 Å². The van der Waals surface area contributed by atoms with E-state index in [1.165, 1.54) is 0 Å². The lowest BCUT2D eigenvalue weighted by Crippen LogP contribution is -1.91. The van der Waals surface area contributed by atoms with Gasteiger partial charge in [0.05, 0.1) is 0 Å². The standard InChI is InChI=1S/C8H12O2/c1-3-4-7(2)5-6-8(9)10/h3,5-7H,1,4H2,2H3,(H,9,10)/b6-5+/t7-/m0/s1. The van der Waals surface area contributed by atoms with Gasteiger partial charge in [-0.05, 0) is 12.3 Å². The van der Waals surface area contributed by atoms with Gasteiger partial charge in [0.2, 0.25) is 0 Å². The fourth-order valence-corrected chi connectivity index (χ4v) is 0.588. The van der Waals surface area contributed by atoms with Crippen LogP contribution in [-0.4, -0.2) is 11.1 Å². The van der Waals surface area contributed by atoms with Gasteiger partial charge in [0, 0.05) is 6.08 Å². The topological polar surface area (TPSA) is 37.3 Å². The van der Waals surface area contributed by atoms with E-state index in [-0.39, 0.29) is 5.92 Å². The van der Waals surface area contributed by atoms with Gasteiger partial charge in [-0.2, -0.15) is 0 Å². The molecule has 2 heteroatoms. The van der Waals surface area contributed by atoms with Crippen LogP contribution in [0.4, 0.5) is 0 Å². The molecular weight excluding hydrogens is 128 g/mol. The average Bonchev–Trinajstić information content (AvgIpc) is 1.85. The molecule has 0 saturated carbocycles. The monoisotopic (exact) mass is 140 g/mol. The van der Waals surface area contributed by atoms with E-state index in [0.29, 0.717) is 0 Å². The van der Waals surface area contributed by atoms with Crippen LogP contribution in [0.2, 0.25) is 0 Å². The summed E-state index contributed by atoms with van der Waals surface area (Å²) >= 11 is 0. The van der Waals surface area contributed by atoms with Crippen molar-refractivity contribution in [1.29, 1.82) is 0 Å². The third kappa shape index (κ3) is 5.09. The molecule has 0 saturated heterocycles. The number of aliphatic carboxylic acids is 1. The predicted molar refractivity (Wildman–Crippen MR) is 40.8 cm³/mol. The summed E-state index contributed by atoms with van der Waals surface area (Å²) in [5.74, 6) is -0.621. The Bertz CT molecular complexity index is 147. The number of carboxylic acid groups (broad SMARTS) is 1. The average molecular weight is 140 g/mol. The zero-order chi connectivity index (χ0) is 7.98. The van der Waals surface area contributed by atoms with E-state index in [1.807, 2.05) is 6.92 Å². The zero-order valence-corrected chi connectivity index (χ0v) is 6.08. The minimum Gasteiger partial charge on any atom is -0.478 e. The number of allylic oxidation sites excluding steroid dienone is 2. The van der Waals surface area contributed by atoms with Crippen molar-refractivity contribution in [2.24, 2.45) is 5.92 Å². The Hall–Kier alpha value is -1.05. The van der Waals surface area contributed by atoms with Crippen molar-refractivity contribution < 1.29 is 9.90 Å². The first-order valence-electron chi connectivity index (χ1n) is 3.19. The molecule has 0 aromatic heterocycles. The second kappa shape index (κ2) is 4.79. The zero-order valence-electron chi connectivity index (χ0n) is 6.08. The lowest BCUT2D eigenvalue weighted by atomic mass is 10.1. The second-order valence-corrected chi connectivity index (χ2v) is 2.20. The number of hydrogen-bond donors (Lipinski definition) is 1. The van der Waals surface area contributed by atoms with Crippen LogP contribution in [0.1, 0.15) is 13.3 Å². The molecule has 0 unspecified atom stereocenters. The van der Waals surface area contributed by atoms with E-state index in [1.54, 1.807) is 12.2 Å². The quantitative estimate of drug-likeness (QED) is 0.478. The van der Waals surface area contributed by atoms with Gasteiger partial charge in [0.15, 0.2) is 0 Å². The molecule has 1 atom stereocenters. The molecule has 0 amide bonds. The van der Waals surface area contributed by atoms with Crippen LogP contribution in [0, 0.1) is 5.92 Å². The van der Waals surface area contributed by atoms with Crippen molar-refractivity contribution in [1.82, 2.24) is 0 Å². The summed E-state index contributed by atoms with van der Waals surface area (Å²) in [7, 11) is 0.